The van der Waals surface area contributed by atoms with Crippen LogP contribution >= 0.6 is 0 Å². The second-order valence-electron chi connectivity index (χ2n) is 5.01. The van der Waals surface area contributed by atoms with Crippen molar-refractivity contribution in [2.24, 2.45) is 0 Å². The van der Waals surface area contributed by atoms with Crippen molar-refractivity contribution in [2.75, 3.05) is 32.1 Å². The first-order chi connectivity index (χ1) is 11.3. The van der Waals surface area contributed by atoms with Crippen molar-refractivity contribution < 1.29 is 13.9 Å². The van der Waals surface area contributed by atoms with Crippen LogP contribution in [-0.2, 0) is 9.53 Å². The molecule has 0 aliphatic heterocycles. The summed E-state index contributed by atoms with van der Waals surface area (Å²) in [7, 11) is 1.62. The number of nitrogens with one attached hydrogen (secondary N) is 3. The van der Waals surface area contributed by atoms with E-state index in [9.17, 15) is 4.79 Å². The molecule has 0 radical (unpaired) electrons. The summed E-state index contributed by atoms with van der Waals surface area (Å²) in [6, 6.07) is 9.17. The highest BCUT2D eigenvalue weighted by atomic mass is 16.5. The maximum absolute atomic E-state index is 11.8. The second kappa shape index (κ2) is 7.08. The summed E-state index contributed by atoms with van der Waals surface area (Å²) in [4.78, 5) is 19.5. The molecule has 0 fully saturated rings. The number of aromatic amines is 1. The number of H-pyrrole nitrogens is 1. The van der Waals surface area contributed by atoms with Crippen LogP contribution in [-0.4, -0.2) is 42.7 Å². The van der Waals surface area contributed by atoms with E-state index >= 15 is 0 Å². The van der Waals surface area contributed by atoms with E-state index in [4.69, 9.17) is 9.15 Å². The lowest BCUT2D eigenvalue weighted by Gasteiger charge is -2.06. The molecule has 0 atom stereocenters. The van der Waals surface area contributed by atoms with Crippen LogP contribution < -0.4 is 10.6 Å². The zero-order valence-corrected chi connectivity index (χ0v) is 12.8. The molecule has 1 aromatic carbocycles. The molecule has 2 heterocycles. The number of imidazole rings is 1. The van der Waals surface area contributed by atoms with Gasteiger partial charge < -0.3 is 24.8 Å². The van der Waals surface area contributed by atoms with Crippen LogP contribution in [0.25, 0.3) is 22.6 Å². The Morgan fingerprint density at radius 2 is 2.30 bits per heavy atom. The van der Waals surface area contributed by atoms with E-state index in [1.165, 1.54) is 0 Å². The Kier molecular flexibility index (Phi) is 4.70. The third-order valence-corrected chi connectivity index (χ3v) is 3.29. The molecule has 0 spiro atoms. The number of nitrogens with zero attached hydrogens (tertiary/aromatic N) is 1. The molecule has 0 saturated heterocycles. The fourth-order valence-electron chi connectivity index (χ4n) is 2.20. The van der Waals surface area contributed by atoms with E-state index in [0.717, 1.165) is 11.0 Å². The summed E-state index contributed by atoms with van der Waals surface area (Å²) in [5.74, 6) is 1.23. The number of rotatable bonds is 7. The van der Waals surface area contributed by atoms with Crippen LogP contribution in [0.2, 0.25) is 0 Å². The number of furan rings is 1. The van der Waals surface area contributed by atoms with Gasteiger partial charge in [0.25, 0.3) is 0 Å². The molecular weight excluding hydrogens is 296 g/mol. The summed E-state index contributed by atoms with van der Waals surface area (Å²) in [5, 5.41) is 5.84. The lowest BCUT2D eigenvalue weighted by Crippen LogP contribution is -2.30. The molecule has 0 bridgehead atoms. The Labute approximate surface area is 133 Å². The summed E-state index contributed by atoms with van der Waals surface area (Å²) in [5.41, 5.74) is 2.36. The number of benzene rings is 1. The largest absolute Gasteiger partial charge is 0.461 e. The lowest BCUT2D eigenvalue weighted by atomic mass is 10.2. The highest BCUT2D eigenvalue weighted by Gasteiger charge is 2.09. The third-order valence-electron chi connectivity index (χ3n) is 3.29. The van der Waals surface area contributed by atoms with Crippen LogP contribution in [0.4, 0.5) is 5.69 Å². The molecule has 120 valence electrons. The standard InChI is InChI=1S/C16H18N4O3/c1-22-8-6-17-10-15(21)18-11-4-5-12-13(9-11)20-16(19-12)14-3-2-7-23-14/h2-5,7,9,17H,6,8,10H2,1H3,(H,18,21)(H,19,20). The van der Waals surface area contributed by atoms with E-state index in [-0.39, 0.29) is 12.5 Å². The molecule has 7 heteroatoms. The highest BCUT2D eigenvalue weighted by Crippen LogP contribution is 2.23. The van der Waals surface area contributed by atoms with Gasteiger partial charge in [-0.1, -0.05) is 0 Å². The zero-order valence-electron chi connectivity index (χ0n) is 12.8. The number of carbonyl (C=O) groups is 1. The molecule has 7 nitrogen and oxygen atoms in total. The van der Waals surface area contributed by atoms with Crippen LogP contribution in [0.1, 0.15) is 0 Å². The Balaban J connectivity index is 1.67. The minimum Gasteiger partial charge on any atom is -0.461 e. The van der Waals surface area contributed by atoms with Crippen molar-refractivity contribution in [1.29, 1.82) is 0 Å². The molecule has 3 rings (SSSR count). The predicted molar refractivity (Wildman–Crippen MR) is 87.2 cm³/mol. The maximum atomic E-state index is 11.8. The van der Waals surface area contributed by atoms with Crippen molar-refractivity contribution >= 4 is 22.6 Å². The van der Waals surface area contributed by atoms with Crippen LogP contribution in [0.3, 0.4) is 0 Å². The van der Waals surface area contributed by atoms with Crippen LogP contribution in [0, 0.1) is 0 Å². The lowest BCUT2D eigenvalue weighted by molar-refractivity contribution is -0.115. The number of hydrogen-bond acceptors (Lipinski definition) is 5. The van der Waals surface area contributed by atoms with Gasteiger partial charge in [-0.2, -0.15) is 0 Å². The zero-order chi connectivity index (χ0) is 16.1. The number of hydrogen-bond donors (Lipinski definition) is 3. The summed E-state index contributed by atoms with van der Waals surface area (Å²) >= 11 is 0. The molecular formula is C16H18N4O3. The molecule has 0 aliphatic rings. The number of methoxy groups -OCH3 is 1. The fraction of sp³-hybridized carbons (Fsp3) is 0.250. The maximum Gasteiger partial charge on any atom is 0.238 e. The van der Waals surface area contributed by atoms with Gasteiger partial charge in [0, 0.05) is 19.3 Å². The molecule has 23 heavy (non-hydrogen) atoms. The third kappa shape index (κ3) is 3.77. The minimum absolute atomic E-state index is 0.105. The Morgan fingerprint density at radius 1 is 1.39 bits per heavy atom. The topological polar surface area (TPSA) is 92.2 Å². The number of amides is 1. The number of aromatic nitrogens is 2. The first-order valence-electron chi connectivity index (χ1n) is 7.29. The molecule has 2 aromatic heterocycles. The summed E-state index contributed by atoms with van der Waals surface area (Å²) < 4.78 is 10.2. The van der Waals surface area contributed by atoms with Crippen molar-refractivity contribution in [3.05, 3.63) is 36.6 Å². The minimum atomic E-state index is -0.105. The molecule has 3 N–H and O–H groups in total. The second-order valence-corrected chi connectivity index (χ2v) is 5.01. The van der Waals surface area contributed by atoms with Crippen molar-refractivity contribution in [3.8, 4) is 11.6 Å². The van der Waals surface area contributed by atoms with Gasteiger partial charge >= 0.3 is 0 Å². The van der Waals surface area contributed by atoms with Gasteiger partial charge in [0.15, 0.2) is 11.6 Å². The number of carbonyl (C=O) groups excluding carboxylic acids is 1. The normalized spacial score (nSPS) is 11.0. The Morgan fingerprint density at radius 3 is 3.09 bits per heavy atom. The number of ether oxygens (including phenoxy) is 1. The quantitative estimate of drug-likeness (QED) is 0.580. The molecule has 0 aliphatic carbocycles. The molecule has 1 amide bonds. The highest BCUT2D eigenvalue weighted by molar-refractivity contribution is 5.94. The van der Waals surface area contributed by atoms with Crippen molar-refractivity contribution in [3.63, 3.8) is 0 Å². The predicted octanol–water partition coefficient (Wildman–Crippen LogP) is 2.00. The average Bonchev–Trinajstić information content (AvgIpc) is 3.19. The molecule has 3 aromatic rings. The summed E-state index contributed by atoms with van der Waals surface area (Å²) in [6.07, 6.45) is 1.60. The van der Waals surface area contributed by atoms with E-state index in [0.29, 0.717) is 30.4 Å². The van der Waals surface area contributed by atoms with Crippen LogP contribution in [0.5, 0.6) is 0 Å². The summed E-state index contributed by atoms with van der Waals surface area (Å²) in [6.45, 7) is 1.45. The number of fused-ring (bicyclic) bond motifs is 1. The van der Waals surface area contributed by atoms with E-state index in [1.54, 1.807) is 13.4 Å². The van der Waals surface area contributed by atoms with E-state index in [2.05, 4.69) is 20.6 Å². The van der Waals surface area contributed by atoms with Gasteiger partial charge in [0.2, 0.25) is 5.91 Å². The van der Waals surface area contributed by atoms with Gasteiger partial charge in [0.1, 0.15) is 0 Å². The Hall–Kier alpha value is -2.64. The monoisotopic (exact) mass is 314 g/mol. The smallest absolute Gasteiger partial charge is 0.238 e. The van der Waals surface area contributed by atoms with E-state index in [1.807, 2.05) is 30.3 Å². The van der Waals surface area contributed by atoms with Crippen LogP contribution in [0.15, 0.2) is 41.0 Å². The van der Waals surface area contributed by atoms with Gasteiger partial charge in [-0.3, -0.25) is 4.79 Å². The van der Waals surface area contributed by atoms with Gasteiger partial charge in [-0.05, 0) is 30.3 Å². The first-order valence-corrected chi connectivity index (χ1v) is 7.29. The number of anilines is 1. The van der Waals surface area contributed by atoms with Gasteiger partial charge in [0.05, 0.1) is 30.4 Å². The van der Waals surface area contributed by atoms with E-state index < -0.39 is 0 Å². The first kappa shape index (κ1) is 15.3. The fourth-order valence-corrected chi connectivity index (χ4v) is 2.20. The van der Waals surface area contributed by atoms with Gasteiger partial charge in [-0.25, -0.2) is 4.98 Å². The average molecular weight is 314 g/mol. The molecule has 0 saturated carbocycles. The molecule has 0 unspecified atom stereocenters. The Bertz CT molecular complexity index is 780. The SMILES string of the molecule is COCCNCC(=O)Nc1ccc2nc(-c3ccco3)[nH]c2c1. The van der Waals surface area contributed by atoms with Crippen molar-refractivity contribution in [2.45, 2.75) is 0 Å². The van der Waals surface area contributed by atoms with Gasteiger partial charge in [-0.15, -0.1) is 0 Å². The van der Waals surface area contributed by atoms with Crippen molar-refractivity contribution in [1.82, 2.24) is 15.3 Å².